The highest BCUT2D eigenvalue weighted by molar-refractivity contribution is 8.68. The fourth-order valence-electron chi connectivity index (χ4n) is 2.66. The summed E-state index contributed by atoms with van der Waals surface area (Å²) in [6.45, 7) is 5.70. The summed E-state index contributed by atoms with van der Waals surface area (Å²) in [5.41, 5.74) is -1.72. The predicted octanol–water partition coefficient (Wildman–Crippen LogP) is 2.81. The number of nitro groups is 1. The van der Waals surface area contributed by atoms with Crippen molar-refractivity contribution in [3.05, 3.63) is 39.2 Å². The van der Waals surface area contributed by atoms with Gasteiger partial charge in [-0.2, -0.15) is 0 Å². The van der Waals surface area contributed by atoms with Gasteiger partial charge in [-0.3, -0.25) is 9.59 Å². The van der Waals surface area contributed by atoms with Crippen LogP contribution >= 0.6 is 28.7 Å². The van der Waals surface area contributed by atoms with E-state index in [1.807, 2.05) is 6.07 Å². The van der Waals surface area contributed by atoms with Crippen molar-refractivity contribution in [2.75, 3.05) is 40.5 Å². The van der Waals surface area contributed by atoms with Gasteiger partial charge >= 0.3 is 11.9 Å². The van der Waals surface area contributed by atoms with Crippen molar-refractivity contribution >= 4 is 58.4 Å². The number of guanidine groups is 1. The lowest BCUT2D eigenvalue weighted by molar-refractivity contribution is -0.485. The Balaban J connectivity index is 0.000000361. The molecule has 2 rings (SSSR count). The number of carbonyl (C=O) groups excluding carboxylic acids is 2. The van der Waals surface area contributed by atoms with E-state index in [1.54, 1.807) is 31.0 Å². The Morgan fingerprint density at radius 2 is 2.00 bits per heavy atom. The summed E-state index contributed by atoms with van der Waals surface area (Å²) < 4.78 is 19.9. The maximum atomic E-state index is 11.8. The summed E-state index contributed by atoms with van der Waals surface area (Å²) in [5.74, 6) is -0.726. The van der Waals surface area contributed by atoms with Crippen LogP contribution in [0.5, 0.6) is 0 Å². The number of pyridine rings is 1. The van der Waals surface area contributed by atoms with Crippen LogP contribution in [0.2, 0.25) is 5.15 Å². The lowest BCUT2D eigenvalue weighted by atomic mass is 10.3. The molecule has 0 amide bonds. The van der Waals surface area contributed by atoms with Gasteiger partial charge in [0.05, 0.1) is 19.6 Å². The molecule has 1 N–H and O–H groups in total. The fraction of sp³-hybridized carbons (Fsp3) is 0.579. The second-order valence-electron chi connectivity index (χ2n) is 6.67. The first kappa shape index (κ1) is 32.0. The summed E-state index contributed by atoms with van der Waals surface area (Å²) in [7, 11) is 2.81. The van der Waals surface area contributed by atoms with E-state index in [0.29, 0.717) is 24.8 Å². The molecule has 1 unspecified atom stereocenters. The molecule has 1 fully saturated rings. The van der Waals surface area contributed by atoms with Crippen LogP contribution in [0.15, 0.2) is 23.4 Å². The summed E-state index contributed by atoms with van der Waals surface area (Å²) >= 11 is 11.8. The molecule has 1 aliphatic rings. The van der Waals surface area contributed by atoms with Gasteiger partial charge in [-0.1, -0.05) is 29.0 Å². The van der Waals surface area contributed by atoms with Crippen LogP contribution in [-0.4, -0.2) is 78.6 Å². The maximum absolute atomic E-state index is 11.8. The van der Waals surface area contributed by atoms with E-state index in [4.69, 9.17) is 41.9 Å². The minimum atomic E-state index is -2.65. The van der Waals surface area contributed by atoms with Gasteiger partial charge in [-0.05, 0) is 37.3 Å². The van der Waals surface area contributed by atoms with Crippen molar-refractivity contribution in [3.63, 3.8) is 0 Å². The maximum Gasteiger partial charge on any atom is 0.320 e. The van der Waals surface area contributed by atoms with E-state index in [2.05, 4.69) is 15.4 Å². The standard InChI is InChI=1S/C10H19O6PS2.C9H10ClN5O2/c1-5-15-9(11)7-8(10(12)16-6-2)19-17(18,13-3)14-4;10-8-2-1-7(5-12-8)6-14-4-3-11-9(14)13-15(16)17/h8H,5-7H2,1-4H3;1-2,5H,3-4,6H2,(H,11,13). The van der Waals surface area contributed by atoms with Gasteiger partial charge in [0.15, 0.2) is 5.03 Å². The number of hydrazone groups is 1. The van der Waals surface area contributed by atoms with Gasteiger partial charge in [0.2, 0.25) is 5.69 Å². The quantitative estimate of drug-likeness (QED) is 0.126. The Kier molecular flexibility index (Phi) is 14.8. The second-order valence-corrected chi connectivity index (χ2v) is 13.7. The Hall–Kier alpha value is -2.03. The number of halogens is 1. The van der Waals surface area contributed by atoms with Crippen LogP contribution in [0.3, 0.4) is 0 Å². The molecule has 1 aromatic heterocycles. The van der Waals surface area contributed by atoms with Crippen LogP contribution in [0, 0.1) is 10.1 Å². The number of esters is 2. The van der Waals surface area contributed by atoms with Gasteiger partial charge < -0.3 is 28.7 Å². The van der Waals surface area contributed by atoms with Crippen molar-refractivity contribution < 1.29 is 33.1 Å². The van der Waals surface area contributed by atoms with Crippen molar-refractivity contribution in [2.45, 2.75) is 32.1 Å². The smallest absolute Gasteiger partial charge is 0.320 e. The number of rotatable bonds is 12. The van der Waals surface area contributed by atoms with Gasteiger partial charge in [0.25, 0.3) is 5.96 Å². The van der Waals surface area contributed by atoms with Crippen LogP contribution in [0.4, 0.5) is 0 Å². The SMILES string of the molecule is CCOC(=O)CC(SP(=S)(OC)OC)C(=O)OCC.O=[N+]([O-])/N=C1\NCCN1Cc1ccc(Cl)nc1. The molecule has 13 nitrogen and oxygen atoms in total. The summed E-state index contributed by atoms with van der Waals surface area (Å²) in [5, 5.41) is 15.4. The molecule has 2 heterocycles. The lowest BCUT2D eigenvalue weighted by Crippen LogP contribution is -2.30. The number of hydrogen-bond acceptors (Lipinski definition) is 11. The molecule has 0 saturated carbocycles. The molecule has 0 radical (unpaired) electrons. The van der Waals surface area contributed by atoms with Crippen molar-refractivity contribution in [3.8, 4) is 0 Å². The normalized spacial score (nSPS) is 14.9. The molecule has 0 bridgehead atoms. The Labute approximate surface area is 223 Å². The number of nitrogens with zero attached hydrogens (tertiary/aromatic N) is 4. The highest BCUT2D eigenvalue weighted by Crippen LogP contribution is 2.62. The molecule has 36 heavy (non-hydrogen) atoms. The van der Waals surface area contributed by atoms with E-state index < -0.39 is 27.9 Å². The third-order valence-corrected chi connectivity index (χ3v) is 10.3. The molecular formula is C19H29ClN5O8PS2. The predicted molar refractivity (Wildman–Crippen MR) is 140 cm³/mol. The average Bonchev–Trinajstić information content (AvgIpc) is 3.26. The molecule has 0 aromatic carbocycles. The van der Waals surface area contributed by atoms with E-state index in [-0.39, 0.29) is 25.6 Å². The zero-order valence-corrected chi connectivity index (χ0v) is 23.5. The number of nitrogens with one attached hydrogen (secondary N) is 1. The van der Waals surface area contributed by atoms with Crippen molar-refractivity contribution in [1.29, 1.82) is 0 Å². The fourth-order valence-corrected chi connectivity index (χ4v) is 6.63. The molecule has 17 heteroatoms. The largest absolute Gasteiger partial charge is 0.466 e. The molecule has 0 aliphatic carbocycles. The van der Waals surface area contributed by atoms with Crippen molar-refractivity contribution in [1.82, 2.24) is 15.2 Å². The Morgan fingerprint density at radius 3 is 2.53 bits per heavy atom. The monoisotopic (exact) mass is 585 g/mol. The third-order valence-electron chi connectivity index (χ3n) is 4.21. The summed E-state index contributed by atoms with van der Waals surface area (Å²) in [6, 6.07) is 3.52. The molecular weight excluding hydrogens is 557 g/mol. The highest BCUT2D eigenvalue weighted by atomic mass is 35.5. The van der Waals surface area contributed by atoms with Gasteiger partial charge in [-0.25, -0.2) is 15.1 Å². The van der Waals surface area contributed by atoms with Crippen LogP contribution < -0.4 is 5.32 Å². The first-order chi connectivity index (χ1) is 17.1. The molecule has 0 spiro atoms. The zero-order valence-electron chi connectivity index (χ0n) is 20.2. The molecule has 202 valence electrons. The van der Waals surface area contributed by atoms with E-state index in [9.17, 15) is 19.7 Å². The zero-order chi connectivity index (χ0) is 27.1. The third kappa shape index (κ3) is 11.8. The van der Waals surface area contributed by atoms with E-state index >= 15 is 0 Å². The molecule has 1 atom stereocenters. The number of carbonyl (C=O) groups is 2. The van der Waals surface area contributed by atoms with Crippen molar-refractivity contribution in [2.24, 2.45) is 5.10 Å². The first-order valence-corrected chi connectivity index (χ1v) is 15.1. The second kappa shape index (κ2) is 16.7. The van der Waals surface area contributed by atoms with Crippen LogP contribution in [0.1, 0.15) is 25.8 Å². The summed E-state index contributed by atoms with van der Waals surface area (Å²) in [6.07, 6.45) is 1.52. The average molecular weight is 586 g/mol. The number of aromatic nitrogens is 1. The Morgan fingerprint density at radius 1 is 1.33 bits per heavy atom. The lowest BCUT2D eigenvalue weighted by Gasteiger charge is -2.21. The summed E-state index contributed by atoms with van der Waals surface area (Å²) in [4.78, 5) is 39.3. The van der Waals surface area contributed by atoms with Gasteiger partial charge in [0.1, 0.15) is 15.5 Å². The molecule has 1 aromatic rings. The number of ether oxygens (including phenoxy) is 2. The molecule has 1 aliphatic heterocycles. The minimum absolute atomic E-state index is 0.123. The highest BCUT2D eigenvalue weighted by Gasteiger charge is 2.32. The van der Waals surface area contributed by atoms with E-state index in [1.165, 1.54) is 14.2 Å². The topological polar surface area (TPSA) is 155 Å². The molecule has 1 saturated heterocycles. The van der Waals surface area contributed by atoms with Crippen LogP contribution in [0.25, 0.3) is 0 Å². The van der Waals surface area contributed by atoms with Gasteiger partial charge in [-0.15, -0.1) is 0 Å². The minimum Gasteiger partial charge on any atom is -0.466 e. The van der Waals surface area contributed by atoms with Gasteiger partial charge in [0, 0.05) is 40.1 Å². The number of hydrogen-bond donors (Lipinski definition) is 1. The van der Waals surface area contributed by atoms with E-state index in [0.717, 1.165) is 16.9 Å². The first-order valence-electron chi connectivity index (χ1n) is 10.6. The van der Waals surface area contributed by atoms with Crippen LogP contribution in [-0.2, 0) is 46.5 Å². The Bertz CT molecular complexity index is 948.